The molecule has 0 amide bonds. The van der Waals surface area contributed by atoms with E-state index >= 15 is 0 Å². The van der Waals surface area contributed by atoms with Gasteiger partial charge in [-0.25, -0.2) is 9.97 Å². The molecule has 0 aliphatic carbocycles. The largest absolute Gasteiger partial charge is 0.573 e. The van der Waals surface area contributed by atoms with Crippen molar-refractivity contribution in [2.45, 2.75) is 13.3 Å². The number of rotatable bonds is 2. The third kappa shape index (κ3) is 3.32. The van der Waals surface area contributed by atoms with Crippen LogP contribution in [-0.2, 0) is 0 Å². The molecule has 1 aromatic carbocycles. The summed E-state index contributed by atoms with van der Waals surface area (Å²) in [5.41, 5.74) is 0.500. The van der Waals surface area contributed by atoms with E-state index in [2.05, 4.69) is 14.7 Å². The van der Waals surface area contributed by atoms with Gasteiger partial charge in [0.15, 0.2) is 5.82 Å². The van der Waals surface area contributed by atoms with E-state index in [0.29, 0.717) is 5.56 Å². The molecule has 106 valence electrons. The fourth-order valence-electron chi connectivity index (χ4n) is 1.45. The van der Waals surface area contributed by atoms with Crippen molar-refractivity contribution in [1.82, 2.24) is 9.97 Å². The Labute approximate surface area is 122 Å². The smallest absolute Gasteiger partial charge is 0.405 e. The average Bonchev–Trinajstić information content (AvgIpc) is 2.34. The van der Waals surface area contributed by atoms with E-state index in [1.165, 1.54) is 18.2 Å². The SMILES string of the molecule is Cc1c(Cl)nc(-c2ccccc2OC(F)(F)F)nc1Cl. The van der Waals surface area contributed by atoms with Crippen LogP contribution in [0.1, 0.15) is 5.56 Å². The topological polar surface area (TPSA) is 35.0 Å². The van der Waals surface area contributed by atoms with Crippen LogP contribution >= 0.6 is 23.2 Å². The van der Waals surface area contributed by atoms with Crippen LogP contribution in [0.3, 0.4) is 0 Å². The molecule has 20 heavy (non-hydrogen) atoms. The molecule has 0 saturated carbocycles. The zero-order valence-corrected chi connectivity index (χ0v) is 11.5. The molecule has 2 aromatic rings. The third-order valence-corrected chi connectivity index (χ3v) is 3.12. The lowest BCUT2D eigenvalue weighted by atomic mass is 10.2. The molecule has 0 fully saturated rings. The second-order valence-corrected chi connectivity index (χ2v) is 4.51. The number of para-hydroxylation sites is 1. The lowest BCUT2D eigenvalue weighted by Crippen LogP contribution is -2.17. The van der Waals surface area contributed by atoms with Gasteiger partial charge in [-0.3, -0.25) is 0 Å². The van der Waals surface area contributed by atoms with Crippen molar-refractivity contribution in [3.05, 3.63) is 40.1 Å². The van der Waals surface area contributed by atoms with Gasteiger partial charge >= 0.3 is 6.36 Å². The Morgan fingerprint density at radius 2 is 1.60 bits per heavy atom. The summed E-state index contributed by atoms with van der Waals surface area (Å²) in [6.07, 6.45) is -4.81. The Morgan fingerprint density at radius 3 is 2.15 bits per heavy atom. The maximum atomic E-state index is 12.3. The summed E-state index contributed by atoms with van der Waals surface area (Å²) in [5.74, 6) is -0.457. The zero-order valence-electron chi connectivity index (χ0n) is 10.0. The lowest BCUT2D eigenvalue weighted by molar-refractivity contribution is -0.274. The van der Waals surface area contributed by atoms with Gasteiger partial charge in [0.05, 0.1) is 5.56 Å². The Kier molecular flexibility index (Phi) is 4.06. The number of hydrogen-bond acceptors (Lipinski definition) is 3. The van der Waals surface area contributed by atoms with E-state index in [-0.39, 0.29) is 21.7 Å². The molecule has 0 aliphatic rings. The first kappa shape index (κ1) is 14.9. The van der Waals surface area contributed by atoms with Gasteiger partial charge in [0.1, 0.15) is 16.1 Å². The fraction of sp³-hybridized carbons (Fsp3) is 0.167. The van der Waals surface area contributed by atoms with Gasteiger partial charge in [0, 0.05) is 5.56 Å². The minimum atomic E-state index is -4.81. The molecule has 0 saturated heterocycles. The van der Waals surface area contributed by atoms with E-state index in [0.717, 1.165) is 6.07 Å². The molecule has 0 bridgehead atoms. The first-order valence-electron chi connectivity index (χ1n) is 5.32. The first-order chi connectivity index (χ1) is 9.28. The van der Waals surface area contributed by atoms with E-state index in [1.54, 1.807) is 6.92 Å². The molecule has 8 heteroatoms. The van der Waals surface area contributed by atoms with E-state index < -0.39 is 12.1 Å². The van der Waals surface area contributed by atoms with Crippen LogP contribution in [0.25, 0.3) is 11.4 Å². The van der Waals surface area contributed by atoms with Crippen molar-refractivity contribution in [2.24, 2.45) is 0 Å². The van der Waals surface area contributed by atoms with Gasteiger partial charge in [-0.15, -0.1) is 13.2 Å². The summed E-state index contributed by atoms with van der Waals surface area (Å²) in [7, 11) is 0. The molecule has 0 radical (unpaired) electrons. The van der Waals surface area contributed by atoms with Crippen molar-refractivity contribution in [3.63, 3.8) is 0 Å². The number of ether oxygens (including phenoxy) is 1. The van der Waals surface area contributed by atoms with Gasteiger partial charge < -0.3 is 4.74 Å². The predicted octanol–water partition coefficient (Wildman–Crippen LogP) is 4.66. The number of alkyl halides is 3. The molecule has 2 rings (SSSR count). The highest BCUT2D eigenvalue weighted by Gasteiger charge is 2.32. The van der Waals surface area contributed by atoms with Gasteiger partial charge in [0.2, 0.25) is 0 Å². The van der Waals surface area contributed by atoms with Crippen LogP contribution in [0.5, 0.6) is 5.75 Å². The standard InChI is InChI=1S/C12H7Cl2F3N2O/c1-6-9(13)18-11(19-10(6)14)7-4-2-3-5-8(7)20-12(15,16)17/h2-5H,1H3. The average molecular weight is 323 g/mol. The number of aromatic nitrogens is 2. The highest BCUT2D eigenvalue weighted by molar-refractivity contribution is 6.34. The summed E-state index contributed by atoms with van der Waals surface area (Å²) in [6.45, 7) is 1.60. The van der Waals surface area contributed by atoms with Crippen LogP contribution < -0.4 is 4.74 Å². The van der Waals surface area contributed by atoms with Gasteiger partial charge in [-0.05, 0) is 19.1 Å². The molecule has 0 N–H and O–H groups in total. The maximum Gasteiger partial charge on any atom is 0.573 e. The minimum absolute atomic E-state index is 0.0366. The quantitative estimate of drug-likeness (QED) is 0.754. The molecule has 1 aromatic heterocycles. The molecular formula is C12H7Cl2F3N2O. The molecule has 1 heterocycles. The van der Waals surface area contributed by atoms with Gasteiger partial charge in [0.25, 0.3) is 0 Å². The summed E-state index contributed by atoms with van der Waals surface area (Å²) in [6, 6.07) is 5.48. The Balaban J connectivity index is 2.53. The number of benzene rings is 1. The zero-order chi connectivity index (χ0) is 14.9. The molecular weight excluding hydrogens is 316 g/mol. The predicted molar refractivity (Wildman–Crippen MR) is 68.9 cm³/mol. The van der Waals surface area contributed by atoms with Crippen LogP contribution in [0, 0.1) is 6.92 Å². The van der Waals surface area contributed by atoms with Crippen molar-refractivity contribution < 1.29 is 17.9 Å². The van der Waals surface area contributed by atoms with E-state index in [9.17, 15) is 13.2 Å². The minimum Gasteiger partial charge on any atom is -0.405 e. The summed E-state index contributed by atoms with van der Waals surface area (Å²) < 4.78 is 41.0. The maximum absolute atomic E-state index is 12.3. The molecule has 0 aliphatic heterocycles. The van der Waals surface area contributed by atoms with Crippen molar-refractivity contribution in [2.75, 3.05) is 0 Å². The molecule has 0 atom stereocenters. The second kappa shape index (κ2) is 5.46. The van der Waals surface area contributed by atoms with Crippen LogP contribution in [0.4, 0.5) is 13.2 Å². The van der Waals surface area contributed by atoms with Crippen molar-refractivity contribution in [3.8, 4) is 17.1 Å². The van der Waals surface area contributed by atoms with E-state index in [4.69, 9.17) is 23.2 Å². The first-order valence-corrected chi connectivity index (χ1v) is 6.08. The van der Waals surface area contributed by atoms with E-state index in [1.807, 2.05) is 0 Å². The Bertz CT molecular complexity index is 624. The molecule has 0 spiro atoms. The second-order valence-electron chi connectivity index (χ2n) is 3.80. The van der Waals surface area contributed by atoms with Crippen LogP contribution in [0.15, 0.2) is 24.3 Å². The Hall–Kier alpha value is -1.53. The summed E-state index contributed by atoms with van der Waals surface area (Å²) in [4.78, 5) is 7.83. The fourth-order valence-corrected chi connectivity index (χ4v) is 1.84. The molecule has 3 nitrogen and oxygen atoms in total. The third-order valence-electron chi connectivity index (χ3n) is 2.38. The monoisotopic (exact) mass is 322 g/mol. The summed E-state index contributed by atoms with van der Waals surface area (Å²) >= 11 is 11.7. The van der Waals surface area contributed by atoms with Crippen LogP contribution in [-0.4, -0.2) is 16.3 Å². The van der Waals surface area contributed by atoms with Gasteiger partial charge in [-0.2, -0.15) is 0 Å². The Morgan fingerprint density at radius 1 is 1.05 bits per heavy atom. The lowest BCUT2D eigenvalue weighted by Gasteiger charge is -2.13. The molecule has 0 unspecified atom stereocenters. The van der Waals surface area contributed by atoms with Gasteiger partial charge in [-0.1, -0.05) is 35.3 Å². The highest BCUT2D eigenvalue weighted by atomic mass is 35.5. The number of nitrogens with zero attached hydrogens (tertiary/aromatic N) is 2. The highest BCUT2D eigenvalue weighted by Crippen LogP contribution is 2.33. The van der Waals surface area contributed by atoms with Crippen molar-refractivity contribution in [1.29, 1.82) is 0 Å². The van der Waals surface area contributed by atoms with Crippen LogP contribution in [0.2, 0.25) is 10.3 Å². The number of halogens is 5. The number of hydrogen-bond donors (Lipinski definition) is 0. The van der Waals surface area contributed by atoms with Crippen molar-refractivity contribution >= 4 is 23.2 Å². The summed E-state index contributed by atoms with van der Waals surface area (Å²) in [5, 5.41) is 0.142. The normalized spacial score (nSPS) is 11.5.